The van der Waals surface area contributed by atoms with E-state index in [2.05, 4.69) is 5.32 Å². The number of halogens is 3. The van der Waals surface area contributed by atoms with Crippen LogP contribution in [-0.4, -0.2) is 34.1 Å². The lowest BCUT2D eigenvalue weighted by Crippen LogP contribution is -2.41. The third kappa shape index (κ3) is 6.53. The van der Waals surface area contributed by atoms with Gasteiger partial charge in [-0.15, -0.1) is 0 Å². The van der Waals surface area contributed by atoms with E-state index in [0.29, 0.717) is 47.6 Å². The highest BCUT2D eigenvalue weighted by atomic mass is 19.4. The van der Waals surface area contributed by atoms with Crippen molar-refractivity contribution in [1.82, 2.24) is 14.5 Å². The predicted molar refractivity (Wildman–Crippen MR) is 154 cm³/mol. The standard InChI is InChI=1S/C31H33F3N4O3/c1-4-6-11-19-37(30(40)35-22-14-12-13-21(20-22)31(32,33)34)25(5-2)28-36-24-16-8-7-15-23(24)29(39)38(28)26-17-9-10-18-27(26)41-3/h7-10,12-18,20,25H,4-6,11,19H2,1-3H3,(H,35,40). The van der Waals surface area contributed by atoms with Crippen LogP contribution < -0.4 is 15.6 Å². The van der Waals surface area contributed by atoms with E-state index < -0.39 is 23.8 Å². The lowest BCUT2D eigenvalue weighted by atomic mass is 10.1. The van der Waals surface area contributed by atoms with Crippen molar-refractivity contribution >= 4 is 22.6 Å². The Morgan fingerprint density at radius 3 is 2.46 bits per heavy atom. The Balaban J connectivity index is 1.86. The van der Waals surface area contributed by atoms with Gasteiger partial charge in [-0.1, -0.05) is 57.0 Å². The number of para-hydroxylation sites is 3. The maximum Gasteiger partial charge on any atom is 0.416 e. The van der Waals surface area contributed by atoms with Crippen LogP contribution in [0.25, 0.3) is 16.6 Å². The second kappa shape index (κ2) is 12.9. The summed E-state index contributed by atoms with van der Waals surface area (Å²) < 4.78 is 47.0. The molecule has 0 fully saturated rings. The first-order valence-corrected chi connectivity index (χ1v) is 13.6. The van der Waals surface area contributed by atoms with Crippen molar-refractivity contribution in [3.8, 4) is 11.4 Å². The normalized spacial score (nSPS) is 12.2. The molecule has 1 N–H and O–H groups in total. The van der Waals surface area contributed by atoms with Gasteiger partial charge in [0.25, 0.3) is 5.56 Å². The molecule has 0 spiro atoms. The summed E-state index contributed by atoms with van der Waals surface area (Å²) in [5.41, 5.74) is -0.211. The number of aromatic nitrogens is 2. The number of urea groups is 1. The molecule has 216 valence electrons. The van der Waals surface area contributed by atoms with Crippen molar-refractivity contribution in [2.45, 2.75) is 51.7 Å². The third-order valence-corrected chi connectivity index (χ3v) is 6.89. The summed E-state index contributed by atoms with van der Waals surface area (Å²) in [6, 6.07) is 17.3. The molecule has 2 amide bonds. The van der Waals surface area contributed by atoms with Gasteiger partial charge in [-0.05, 0) is 55.3 Å². The summed E-state index contributed by atoms with van der Waals surface area (Å²) in [5, 5.41) is 3.05. The number of carbonyl (C=O) groups is 1. The Hall–Kier alpha value is -4.34. The zero-order valence-electron chi connectivity index (χ0n) is 23.2. The van der Waals surface area contributed by atoms with Gasteiger partial charge in [-0.25, -0.2) is 9.78 Å². The molecule has 1 unspecified atom stereocenters. The summed E-state index contributed by atoms with van der Waals surface area (Å²) in [5.74, 6) is 0.783. The fourth-order valence-electron chi connectivity index (χ4n) is 4.86. The van der Waals surface area contributed by atoms with E-state index in [9.17, 15) is 22.8 Å². The van der Waals surface area contributed by atoms with Crippen LogP contribution in [0.1, 0.15) is 57.0 Å². The van der Waals surface area contributed by atoms with Gasteiger partial charge in [-0.2, -0.15) is 13.2 Å². The summed E-state index contributed by atoms with van der Waals surface area (Å²) in [7, 11) is 1.51. The van der Waals surface area contributed by atoms with Gasteiger partial charge in [0.2, 0.25) is 0 Å². The summed E-state index contributed by atoms with van der Waals surface area (Å²) in [6.07, 6.45) is -1.75. The largest absolute Gasteiger partial charge is 0.495 e. The minimum Gasteiger partial charge on any atom is -0.495 e. The van der Waals surface area contributed by atoms with Crippen LogP contribution in [-0.2, 0) is 6.18 Å². The first-order valence-electron chi connectivity index (χ1n) is 13.6. The average molecular weight is 567 g/mol. The second-order valence-electron chi connectivity index (χ2n) is 9.63. The van der Waals surface area contributed by atoms with E-state index in [1.165, 1.54) is 23.8 Å². The molecule has 10 heteroatoms. The van der Waals surface area contributed by atoms with Crippen LogP contribution in [0.3, 0.4) is 0 Å². The molecule has 0 saturated heterocycles. The zero-order chi connectivity index (χ0) is 29.6. The van der Waals surface area contributed by atoms with E-state index in [1.807, 2.05) is 13.8 Å². The number of fused-ring (bicyclic) bond motifs is 1. The molecule has 1 heterocycles. The van der Waals surface area contributed by atoms with Crippen molar-refractivity contribution in [3.63, 3.8) is 0 Å². The van der Waals surface area contributed by atoms with Gasteiger partial charge in [0, 0.05) is 12.2 Å². The molecule has 1 aromatic heterocycles. The number of carbonyl (C=O) groups excluding carboxylic acids is 1. The molecule has 1 atom stereocenters. The highest BCUT2D eigenvalue weighted by molar-refractivity contribution is 5.89. The predicted octanol–water partition coefficient (Wildman–Crippen LogP) is 7.59. The SMILES string of the molecule is CCCCCN(C(=O)Nc1cccc(C(F)(F)F)c1)C(CC)c1nc2ccccc2c(=O)n1-c1ccccc1OC. The number of hydrogen-bond acceptors (Lipinski definition) is 4. The molecule has 0 saturated carbocycles. The Morgan fingerprint density at radius 2 is 1.76 bits per heavy atom. The number of benzene rings is 3. The lowest BCUT2D eigenvalue weighted by molar-refractivity contribution is -0.137. The van der Waals surface area contributed by atoms with Gasteiger partial charge in [0.05, 0.1) is 35.3 Å². The smallest absolute Gasteiger partial charge is 0.416 e. The van der Waals surface area contributed by atoms with E-state index in [0.717, 1.165) is 25.0 Å². The highest BCUT2D eigenvalue weighted by Crippen LogP contribution is 2.32. The van der Waals surface area contributed by atoms with Crippen molar-refractivity contribution in [3.05, 3.63) is 94.5 Å². The topological polar surface area (TPSA) is 76.5 Å². The van der Waals surface area contributed by atoms with E-state index >= 15 is 0 Å². The third-order valence-electron chi connectivity index (χ3n) is 6.89. The second-order valence-corrected chi connectivity index (χ2v) is 9.63. The number of rotatable bonds is 10. The van der Waals surface area contributed by atoms with Crippen LogP contribution in [0.5, 0.6) is 5.75 Å². The van der Waals surface area contributed by atoms with Crippen molar-refractivity contribution in [2.75, 3.05) is 19.0 Å². The Morgan fingerprint density at radius 1 is 1.02 bits per heavy atom. The molecule has 3 aromatic carbocycles. The van der Waals surface area contributed by atoms with Gasteiger partial charge < -0.3 is 15.0 Å². The number of nitrogens with one attached hydrogen (secondary N) is 1. The van der Waals surface area contributed by atoms with E-state index in [-0.39, 0.29) is 11.2 Å². The van der Waals surface area contributed by atoms with Crippen molar-refractivity contribution in [1.29, 1.82) is 0 Å². The molecule has 0 aliphatic carbocycles. The molecule has 0 radical (unpaired) electrons. The molecule has 4 rings (SSSR count). The number of methoxy groups -OCH3 is 1. The zero-order valence-corrected chi connectivity index (χ0v) is 23.2. The number of nitrogens with zero attached hydrogens (tertiary/aromatic N) is 3. The molecular weight excluding hydrogens is 533 g/mol. The van der Waals surface area contributed by atoms with E-state index in [1.54, 1.807) is 53.4 Å². The van der Waals surface area contributed by atoms with Gasteiger partial charge in [0.1, 0.15) is 11.6 Å². The van der Waals surface area contributed by atoms with E-state index in [4.69, 9.17) is 9.72 Å². The monoisotopic (exact) mass is 566 g/mol. The molecule has 7 nitrogen and oxygen atoms in total. The summed E-state index contributed by atoms with van der Waals surface area (Å²) >= 11 is 0. The highest BCUT2D eigenvalue weighted by Gasteiger charge is 2.32. The van der Waals surface area contributed by atoms with Gasteiger partial charge >= 0.3 is 12.2 Å². The molecular formula is C31H33F3N4O3. The maximum absolute atomic E-state index is 14.0. The number of ether oxygens (including phenoxy) is 1. The Labute approximate surface area is 236 Å². The number of hydrogen-bond donors (Lipinski definition) is 1. The number of unbranched alkanes of at least 4 members (excludes halogenated alkanes) is 2. The quantitative estimate of drug-likeness (QED) is 0.201. The Kier molecular flexibility index (Phi) is 9.31. The fourth-order valence-corrected chi connectivity index (χ4v) is 4.86. The number of amides is 2. The number of alkyl halides is 3. The van der Waals surface area contributed by atoms with Crippen LogP contribution >= 0.6 is 0 Å². The van der Waals surface area contributed by atoms with Crippen molar-refractivity contribution in [2.24, 2.45) is 0 Å². The lowest BCUT2D eigenvalue weighted by Gasteiger charge is -2.32. The van der Waals surface area contributed by atoms with Crippen molar-refractivity contribution < 1.29 is 22.7 Å². The molecule has 0 aliphatic rings. The van der Waals surface area contributed by atoms with Gasteiger partial charge in [0.15, 0.2) is 0 Å². The molecule has 0 aliphatic heterocycles. The molecule has 41 heavy (non-hydrogen) atoms. The first kappa shape index (κ1) is 29.6. The fraction of sp³-hybridized carbons (Fsp3) is 0.323. The summed E-state index contributed by atoms with van der Waals surface area (Å²) in [6.45, 7) is 4.23. The molecule has 0 bridgehead atoms. The van der Waals surface area contributed by atoms with Crippen LogP contribution in [0.15, 0.2) is 77.6 Å². The summed E-state index contributed by atoms with van der Waals surface area (Å²) in [4.78, 5) is 34.1. The average Bonchev–Trinajstić information content (AvgIpc) is 2.96. The van der Waals surface area contributed by atoms with Crippen LogP contribution in [0.4, 0.5) is 23.7 Å². The minimum absolute atomic E-state index is 0.0220. The maximum atomic E-state index is 14.0. The molecule has 4 aromatic rings. The minimum atomic E-state index is -4.55. The van der Waals surface area contributed by atoms with Crippen LogP contribution in [0, 0.1) is 0 Å². The number of anilines is 1. The van der Waals surface area contributed by atoms with Gasteiger partial charge in [-0.3, -0.25) is 9.36 Å². The Bertz CT molecular complexity index is 1570. The first-order chi connectivity index (χ1) is 19.7. The van der Waals surface area contributed by atoms with Crippen LogP contribution in [0.2, 0.25) is 0 Å².